The molecule has 0 N–H and O–H groups in total. The van der Waals surface area contributed by atoms with E-state index in [0.717, 1.165) is 32.5 Å². The van der Waals surface area contributed by atoms with Crippen molar-refractivity contribution in [2.45, 2.75) is 21.0 Å². The highest BCUT2D eigenvalue weighted by Crippen LogP contribution is 2.41. The molecule has 0 aromatic carbocycles. The fourth-order valence-corrected chi connectivity index (χ4v) is 14.0. The van der Waals surface area contributed by atoms with Gasteiger partial charge in [0.1, 0.15) is 0 Å². The molecule has 0 amide bonds. The molecule has 4 atom stereocenters. The van der Waals surface area contributed by atoms with Gasteiger partial charge in [-0.25, -0.2) is 0 Å². The molecule has 0 radical (unpaired) electrons. The molecule has 2 aliphatic heterocycles. The first kappa shape index (κ1) is 20.5. The third-order valence-electron chi connectivity index (χ3n) is 3.08. The Morgan fingerprint density at radius 3 is 1.38 bits per heavy atom. The molecule has 2 aliphatic rings. The summed E-state index contributed by atoms with van der Waals surface area (Å²) >= 11 is 17.4. The molecule has 0 aromatic rings. The van der Waals surface area contributed by atoms with Gasteiger partial charge >= 0.3 is 0 Å². The van der Waals surface area contributed by atoms with Gasteiger partial charge in [0, 0.05) is 67.0 Å². The minimum absolute atomic E-state index is 0.781. The van der Waals surface area contributed by atoms with Gasteiger partial charge in [-0.3, -0.25) is 0 Å². The van der Waals surface area contributed by atoms with Crippen LogP contribution in [0.2, 0.25) is 0 Å². The quantitative estimate of drug-likeness (QED) is 0.286. The van der Waals surface area contributed by atoms with Crippen molar-refractivity contribution in [3.63, 3.8) is 0 Å². The molecular weight excluding hydrogens is 433 g/mol. The standard InChI is InChI=1S/C12H22S9/c13-1-9-3-17-11(5-15-9)7-19-21-20-8-12-6-16-10(2-14)4-18-12/h9-14H,1-8H2. The van der Waals surface area contributed by atoms with E-state index < -0.39 is 0 Å². The Labute approximate surface area is 169 Å². The van der Waals surface area contributed by atoms with E-state index in [4.69, 9.17) is 0 Å². The minimum atomic E-state index is 0.781. The van der Waals surface area contributed by atoms with Crippen LogP contribution in [-0.2, 0) is 0 Å². The molecule has 0 saturated carbocycles. The Bertz CT molecular complexity index is 235. The van der Waals surface area contributed by atoms with Crippen LogP contribution in [0, 0.1) is 0 Å². The highest BCUT2D eigenvalue weighted by molar-refractivity contribution is 9.09. The summed E-state index contributed by atoms with van der Waals surface area (Å²) in [6.07, 6.45) is 0. The van der Waals surface area contributed by atoms with Gasteiger partial charge in [-0.1, -0.05) is 21.6 Å². The minimum Gasteiger partial charge on any atom is -0.178 e. The van der Waals surface area contributed by atoms with Crippen molar-refractivity contribution >= 4 is 104 Å². The van der Waals surface area contributed by atoms with Crippen LogP contribution in [0.5, 0.6) is 0 Å². The summed E-state index contributed by atoms with van der Waals surface area (Å²) in [5, 5.41) is 3.26. The predicted molar refractivity (Wildman–Crippen MR) is 125 cm³/mol. The number of hydrogen-bond acceptors (Lipinski definition) is 9. The molecule has 0 aliphatic carbocycles. The second-order valence-electron chi connectivity index (χ2n) is 4.82. The van der Waals surface area contributed by atoms with Crippen LogP contribution in [0.4, 0.5) is 0 Å². The molecule has 2 heterocycles. The summed E-state index contributed by atoms with van der Waals surface area (Å²) in [7, 11) is 6.13. The molecule has 9 heteroatoms. The summed E-state index contributed by atoms with van der Waals surface area (Å²) in [5.41, 5.74) is 0. The Morgan fingerprint density at radius 1 is 0.667 bits per heavy atom. The Balaban J connectivity index is 1.44. The van der Waals surface area contributed by atoms with Crippen LogP contribution in [0.25, 0.3) is 0 Å². The van der Waals surface area contributed by atoms with Crippen LogP contribution in [0.3, 0.4) is 0 Å². The molecule has 0 spiro atoms. The van der Waals surface area contributed by atoms with E-state index in [1.165, 1.54) is 34.5 Å². The normalized spacial score (nSPS) is 34.0. The van der Waals surface area contributed by atoms with Crippen molar-refractivity contribution in [1.29, 1.82) is 0 Å². The van der Waals surface area contributed by atoms with Crippen LogP contribution in [0.15, 0.2) is 0 Å². The number of hydrogen-bond donors (Lipinski definition) is 2. The van der Waals surface area contributed by atoms with Gasteiger partial charge in [0.05, 0.1) is 0 Å². The molecule has 2 saturated heterocycles. The number of thiol groups is 2. The molecule has 21 heavy (non-hydrogen) atoms. The van der Waals surface area contributed by atoms with Gasteiger partial charge in [0.25, 0.3) is 0 Å². The SMILES string of the molecule is SCC1CSC(CSSSCC2CSC(CS)CS2)CS1. The summed E-state index contributed by atoms with van der Waals surface area (Å²) in [6.45, 7) is 0. The lowest BCUT2D eigenvalue weighted by atomic mass is 10.5. The van der Waals surface area contributed by atoms with E-state index in [1.807, 2.05) is 9.83 Å². The Kier molecular flexibility index (Phi) is 12.2. The average Bonchev–Trinajstić information content (AvgIpc) is 2.55. The van der Waals surface area contributed by atoms with Gasteiger partial charge in [0.15, 0.2) is 0 Å². The maximum atomic E-state index is 4.40. The van der Waals surface area contributed by atoms with Crippen molar-refractivity contribution in [2.75, 3.05) is 46.0 Å². The first-order valence-electron chi connectivity index (χ1n) is 6.91. The van der Waals surface area contributed by atoms with E-state index in [0.29, 0.717) is 0 Å². The third-order valence-corrected chi connectivity index (χ3v) is 15.7. The van der Waals surface area contributed by atoms with Crippen LogP contribution >= 0.6 is 104 Å². The topological polar surface area (TPSA) is 0 Å². The largest absolute Gasteiger partial charge is 0.178 e. The van der Waals surface area contributed by atoms with Gasteiger partial charge < -0.3 is 0 Å². The van der Waals surface area contributed by atoms with E-state index in [9.17, 15) is 0 Å². The molecule has 2 fully saturated rings. The molecule has 0 aromatic heterocycles. The summed E-state index contributed by atoms with van der Waals surface area (Å²) in [4.78, 5) is 0. The number of rotatable bonds is 8. The predicted octanol–water partition coefficient (Wildman–Crippen LogP) is 5.31. The molecule has 4 unspecified atom stereocenters. The first-order chi connectivity index (χ1) is 10.3. The Morgan fingerprint density at radius 2 is 1.05 bits per heavy atom. The number of thioether (sulfide) groups is 4. The van der Waals surface area contributed by atoms with E-state index in [-0.39, 0.29) is 0 Å². The summed E-state index contributed by atoms with van der Waals surface area (Å²) < 4.78 is 0. The lowest BCUT2D eigenvalue weighted by Crippen LogP contribution is -2.24. The van der Waals surface area contributed by atoms with Crippen LogP contribution in [0.1, 0.15) is 0 Å². The van der Waals surface area contributed by atoms with Gasteiger partial charge in [-0.2, -0.15) is 72.3 Å². The zero-order valence-electron chi connectivity index (χ0n) is 11.7. The highest BCUT2D eigenvalue weighted by atomic mass is 33.5. The Hall–Kier alpha value is 3.15. The summed E-state index contributed by atoms with van der Waals surface area (Å²) in [6, 6.07) is 0. The smallest absolute Gasteiger partial charge is 0.0237 e. The second-order valence-corrected chi connectivity index (χ2v) is 15.2. The van der Waals surface area contributed by atoms with Gasteiger partial charge in [-0.15, -0.1) is 0 Å². The molecule has 124 valence electrons. The monoisotopic (exact) mass is 454 g/mol. The molecular formula is C12H22S9. The zero-order valence-corrected chi connectivity index (χ0v) is 19.2. The van der Waals surface area contributed by atoms with Crippen LogP contribution in [-0.4, -0.2) is 67.0 Å². The summed E-state index contributed by atoms with van der Waals surface area (Å²) in [5.74, 6) is 9.87. The lowest BCUT2D eigenvalue weighted by Gasteiger charge is -2.27. The molecule has 2 rings (SSSR count). The van der Waals surface area contributed by atoms with E-state index in [2.05, 4.69) is 93.9 Å². The molecule has 0 nitrogen and oxygen atoms in total. The van der Waals surface area contributed by atoms with Crippen molar-refractivity contribution < 1.29 is 0 Å². The van der Waals surface area contributed by atoms with Crippen molar-refractivity contribution in [3.8, 4) is 0 Å². The fourth-order valence-electron chi connectivity index (χ4n) is 1.81. The lowest BCUT2D eigenvalue weighted by molar-refractivity contribution is 1.06. The van der Waals surface area contributed by atoms with Gasteiger partial charge in [0.2, 0.25) is 0 Å². The zero-order chi connectivity index (χ0) is 14.9. The molecule has 0 bridgehead atoms. The first-order valence-corrected chi connectivity index (χ1v) is 16.2. The van der Waals surface area contributed by atoms with Crippen molar-refractivity contribution in [1.82, 2.24) is 0 Å². The van der Waals surface area contributed by atoms with E-state index in [1.54, 1.807) is 0 Å². The highest BCUT2D eigenvalue weighted by Gasteiger charge is 2.22. The van der Waals surface area contributed by atoms with Crippen molar-refractivity contribution in [3.05, 3.63) is 0 Å². The maximum Gasteiger partial charge on any atom is 0.0237 e. The average molecular weight is 455 g/mol. The second kappa shape index (κ2) is 12.5. The van der Waals surface area contributed by atoms with Crippen LogP contribution < -0.4 is 0 Å². The fraction of sp³-hybridized carbons (Fsp3) is 1.00. The maximum absolute atomic E-state index is 4.40. The van der Waals surface area contributed by atoms with Gasteiger partial charge in [-0.05, 0) is 9.83 Å². The third kappa shape index (κ3) is 8.38. The van der Waals surface area contributed by atoms with E-state index >= 15 is 0 Å². The van der Waals surface area contributed by atoms with Crippen molar-refractivity contribution in [2.24, 2.45) is 0 Å².